The van der Waals surface area contributed by atoms with E-state index in [1.54, 1.807) is 5.56 Å². The molecule has 2 saturated heterocycles. The van der Waals surface area contributed by atoms with Gasteiger partial charge < -0.3 is 20.1 Å². The van der Waals surface area contributed by atoms with E-state index in [-0.39, 0.29) is 11.3 Å². The smallest absolute Gasteiger partial charge is 0.270 e. The lowest BCUT2D eigenvalue weighted by molar-refractivity contribution is 0.0659. The molecule has 0 saturated carbocycles. The lowest BCUT2D eigenvalue weighted by Gasteiger charge is -2.45. The van der Waals surface area contributed by atoms with E-state index >= 15 is 0 Å². The van der Waals surface area contributed by atoms with Gasteiger partial charge in [-0.2, -0.15) is 0 Å². The van der Waals surface area contributed by atoms with E-state index in [9.17, 15) is 4.79 Å². The summed E-state index contributed by atoms with van der Waals surface area (Å²) in [4.78, 5) is 21.6. The Hall–Kier alpha value is -3.57. The Kier molecular flexibility index (Phi) is 7.77. The number of fused-ring (bicyclic) bond motifs is 3. The molecule has 3 aromatic carbocycles. The van der Waals surface area contributed by atoms with Crippen LogP contribution >= 0.6 is 0 Å². The van der Waals surface area contributed by atoms with E-state index in [0.29, 0.717) is 11.8 Å². The number of nitrogens with zero attached hydrogens (tertiary/aromatic N) is 2. The number of benzene rings is 3. The van der Waals surface area contributed by atoms with Crippen molar-refractivity contribution < 1.29 is 4.79 Å². The summed E-state index contributed by atoms with van der Waals surface area (Å²) in [5, 5.41) is 4.86. The molecule has 3 aliphatic rings. The Morgan fingerprint density at radius 2 is 1.74 bits per heavy atom. The van der Waals surface area contributed by atoms with Crippen molar-refractivity contribution in [1.29, 1.82) is 0 Å². The van der Waals surface area contributed by atoms with Crippen LogP contribution in [0.15, 0.2) is 72.8 Å². The average molecular weight is 575 g/mol. The Morgan fingerprint density at radius 3 is 2.56 bits per heavy atom. The fourth-order valence-electron chi connectivity index (χ4n) is 8.06. The summed E-state index contributed by atoms with van der Waals surface area (Å²) in [6, 6.07) is 26.2. The molecule has 2 N–H and O–H groups in total. The van der Waals surface area contributed by atoms with Crippen LogP contribution in [-0.2, 0) is 18.3 Å². The molecule has 2 atom stereocenters. The second-order valence-corrected chi connectivity index (χ2v) is 13.6. The highest BCUT2D eigenvalue weighted by atomic mass is 16.2. The lowest BCUT2D eigenvalue weighted by Crippen LogP contribution is -2.50. The van der Waals surface area contributed by atoms with Gasteiger partial charge >= 0.3 is 0 Å². The minimum Gasteiger partial charge on any atom is -0.384 e. The number of anilines is 1. The van der Waals surface area contributed by atoms with Gasteiger partial charge in [-0.15, -0.1) is 0 Å². The van der Waals surface area contributed by atoms with Crippen LogP contribution in [0.1, 0.15) is 65.3 Å². The molecule has 2 fully saturated rings. The fraction of sp³-hybridized carbons (Fsp3) is 0.447. The zero-order valence-corrected chi connectivity index (χ0v) is 25.9. The van der Waals surface area contributed by atoms with E-state index in [4.69, 9.17) is 0 Å². The zero-order chi connectivity index (χ0) is 29.4. The molecule has 2 unspecified atom stereocenters. The quantitative estimate of drug-likeness (QED) is 0.245. The first-order chi connectivity index (χ1) is 21.0. The SMILES string of the molecule is Cc1ccc2c(c1)NCC21CCN(CCC2CCN(C(=O)c3cc4cc(CCc5ccccc5)ccc4[nH]3)CC2)CC1C. The van der Waals surface area contributed by atoms with Gasteiger partial charge in [0.1, 0.15) is 5.69 Å². The van der Waals surface area contributed by atoms with E-state index in [2.05, 4.69) is 107 Å². The highest BCUT2D eigenvalue weighted by molar-refractivity contribution is 5.98. The molecule has 3 aliphatic heterocycles. The number of rotatable bonds is 7. The lowest BCUT2D eigenvalue weighted by atomic mass is 9.67. The number of amides is 1. The third kappa shape index (κ3) is 5.72. The van der Waals surface area contributed by atoms with Crippen LogP contribution in [0.2, 0.25) is 0 Å². The number of aryl methyl sites for hydroxylation is 3. The molecule has 1 amide bonds. The standard InChI is InChI=1S/C38H46N4O/c1-27-8-12-33-35(22-27)39-26-38(33)17-21-41(25-28(38)2)18-14-30-15-19-42(20-16-30)37(43)36-24-32-23-31(11-13-34(32)40-36)10-9-29-6-4-3-5-7-29/h3-8,11-13,22-24,28,30,39-40H,9-10,14-21,25-26H2,1-2H3. The van der Waals surface area contributed by atoms with Crippen molar-refractivity contribution in [1.82, 2.24) is 14.8 Å². The maximum Gasteiger partial charge on any atom is 0.270 e. The van der Waals surface area contributed by atoms with Crippen LogP contribution in [0, 0.1) is 18.8 Å². The van der Waals surface area contributed by atoms with Gasteiger partial charge in [0.25, 0.3) is 5.91 Å². The largest absolute Gasteiger partial charge is 0.384 e. The molecule has 224 valence electrons. The number of likely N-dealkylation sites (tertiary alicyclic amines) is 2. The number of carbonyl (C=O) groups excluding carboxylic acids is 1. The summed E-state index contributed by atoms with van der Waals surface area (Å²) in [7, 11) is 0. The van der Waals surface area contributed by atoms with E-state index in [0.717, 1.165) is 61.9 Å². The summed E-state index contributed by atoms with van der Waals surface area (Å²) in [5.41, 5.74) is 8.97. The van der Waals surface area contributed by atoms with Gasteiger partial charge in [-0.05, 0) is 117 Å². The number of hydrogen-bond acceptors (Lipinski definition) is 3. The summed E-state index contributed by atoms with van der Waals surface area (Å²) in [6.07, 6.45) is 6.74. The molecule has 5 heteroatoms. The van der Waals surface area contributed by atoms with Crippen LogP contribution in [0.25, 0.3) is 10.9 Å². The molecule has 1 aromatic heterocycles. The van der Waals surface area contributed by atoms with Crippen LogP contribution in [0.5, 0.6) is 0 Å². The average Bonchev–Trinajstić information content (AvgIpc) is 3.63. The number of aromatic nitrogens is 1. The van der Waals surface area contributed by atoms with Crippen molar-refractivity contribution in [2.45, 2.75) is 57.8 Å². The number of H-pyrrole nitrogens is 1. The van der Waals surface area contributed by atoms with Crippen LogP contribution in [0.4, 0.5) is 5.69 Å². The highest BCUT2D eigenvalue weighted by Crippen LogP contribution is 2.47. The summed E-state index contributed by atoms with van der Waals surface area (Å²) in [6.45, 7) is 11.0. The minimum atomic E-state index is 0.149. The van der Waals surface area contributed by atoms with Crippen molar-refractivity contribution in [3.63, 3.8) is 0 Å². The topological polar surface area (TPSA) is 51.4 Å². The second-order valence-electron chi connectivity index (χ2n) is 13.6. The summed E-state index contributed by atoms with van der Waals surface area (Å²) >= 11 is 0. The van der Waals surface area contributed by atoms with Gasteiger partial charge in [-0.25, -0.2) is 0 Å². The number of hydrogen-bond donors (Lipinski definition) is 2. The maximum absolute atomic E-state index is 13.4. The van der Waals surface area contributed by atoms with Gasteiger partial charge in [-0.3, -0.25) is 4.79 Å². The van der Waals surface area contributed by atoms with E-state index < -0.39 is 0 Å². The predicted octanol–water partition coefficient (Wildman–Crippen LogP) is 7.21. The van der Waals surface area contributed by atoms with Crippen molar-refractivity contribution in [2.24, 2.45) is 11.8 Å². The summed E-state index contributed by atoms with van der Waals surface area (Å²) < 4.78 is 0. The van der Waals surface area contributed by atoms with Crippen molar-refractivity contribution >= 4 is 22.5 Å². The van der Waals surface area contributed by atoms with Crippen molar-refractivity contribution in [3.05, 3.63) is 101 Å². The van der Waals surface area contributed by atoms with Crippen molar-refractivity contribution in [3.8, 4) is 0 Å². The zero-order valence-electron chi connectivity index (χ0n) is 25.9. The van der Waals surface area contributed by atoms with Gasteiger partial charge in [0, 0.05) is 48.2 Å². The maximum atomic E-state index is 13.4. The molecular formula is C38H46N4O. The van der Waals surface area contributed by atoms with Crippen molar-refractivity contribution in [2.75, 3.05) is 44.6 Å². The monoisotopic (exact) mass is 574 g/mol. The van der Waals surface area contributed by atoms with E-state index in [1.165, 1.54) is 54.9 Å². The Morgan fingerprint density at radius 1 is 0.930 bits per heavy atom. The van der Waals surface area contributed by atoms with Crippen LogP contribution in [0.3, 0.4) is 0 Å². The van der Waals surface area contributed by atoms with Gasteiger partial charge in [0.2, 0.25) is 0 Å². The molecule has 43 heavy (non-hydrogen) atoms. The number of aromatic amines is 1. The van der Waals surface area contributed by atoms with E-state index in [1.807, 2.05) is 0 Å². The molecule has 0 radical (unpaired) electrons. The molecule has 4 aromatic rings. The molecule has 0 aliphatic carbocycles. The third-order valence-corrected chi connectivity index (χ3v) is 10.9. The molecular weight excluding hydrogens is 528 g/mol. The predicted molar refractivity (Wildman–Crippen MR) is 177 cm³/mol. The molecule has 0 bridgehead atoms. The first-order valence-corrected chi connectivity index (χ1v) is 16.5. The highest BCUT2D eigenvalue weighted by Gasteiger charge is 2.46. The number of carbonyl (C=O) groups is 1. The Balaban J connectivity index is 0.888. The fourth-order valence-corrected chi connectivity index (χ4v) is 8.06. The number of piperidine rings is 2. The first kappa shape index (κ1) is 28.2. The Labute approximate surface area is 256 Å². The normalized spacial score (nSPS) is 22.7. The van der Waals surface area contributed by atoms with Gasteiger partial charge in [-0.1, -0.05) is 55.5 Å². The first-order valence-electron chi connectivity index (χ1n) is 16.5. The number of nitrogens with one attached hydrogen (secondary N) is 2. The molecule has 5 nitrogen and oxygen atoms in total. The van der Waals surface area contributed by atoms with Gasteiger partial charge in [0.15, 0.2) is 0 Å². The molecule has 4 heterocycles. The van der Waals surface area contributed by atoms with Crippen LogP contribution in [-0.4, -0.2) is 60.0 Å². The minimum absolute atomic E-state index is 0.149. The van der Waals surface area contributed by atoms with Gasteiger partial charge in [0.05, 0.1) is 0 Å². The molecule has 1 spiro atoms. The summed E-state index contributed by atoms with van der Waals surface area (Å²) in [5.74, 6) is 1.51. The van der Waals surface area contributed by atoms with Crippen LogP contribution < -0.4 is 5.32 Å². The second kappa shape index (κ2) is 11.8. The Bertz CT molecular complexity index is 1580. The third-order valence-electron chi connectivity index (χ3n) is 10.9. The molecule has 7 rings (SSSR count).